The van der Waals surface area contributed by atoms with E-state index in [1.54, 1.807) is 10.7 Å². The number of halogens is 1. The quantitative estimate of drug-likeness (QED) is 0.522. The van der Waals surface area contributed by atoms with E-state index in [4.69, 9.17) is 0 Å². The normalized spacial score (nSPS) is 11.2. The van der Waals surface area contributed by atoms with Crippen molar-refractivity contribution in [2.24, 2.45) is 0 Å². The van der Waals surface area contributed by atoms with Gasteiger partial charge in [-0.25, -0.2) is 9.50 Å². The Balaban J connectivity index is 1.93. The molecule has 0 bridgehead atoms. The summed E-state index contributed by atoms with van der Waals surface area (Å²) in [5.74, 6) is 0. The first-order valence-electron chi connectivity index (χ1n) is 6.31. The Hall–Kier alpha value is -2.20. The average molecular weight is 324 g/mol. The molecule has 3 nitrogen and oxygen atoms in total. The van der Waals surface area contributed by atoms with Crippen LogP contribution in [0.5, 0.6) is 0 Å². The summed E-state index contributed by atoms with van der Waals surface area (Å²) >= 11 is 3.45. The van der Waals surface area contributed by atoms with Crippen molar-refractivity contribution >= 4 is 32.3 Å². The third kappa shape index (κ3) is 1.80. The topological polar surface area (TPSA) is 30.2 Å². The maximum absolute atomic E-state index is 4.62. The maximum atomic E-state index is 4.62. The molecule has 2 aromatic heterocycles. The summed E-state index contributed by atoms with van der Waals surface area (Å²) < 4.78 is 2.65. The van der Waals surface area contributed by atoms with Crippen LogP contribution in [-0.4, -0.2) is 14.6 Å². The maximum Gasteiger partial charge on any atom is 0.154 e. The molecule has 2 aromatic carbocycles. The van der Waals surface area contributed by atoms with E-state index in [1.807, 2.05) is 12.1 Å². The summed E-state index contributed by atoms with van der Waals surface area (Å²) in [4.78, 5) is 4.26. The molecule has 4 aromatic rings. The van der Waals surface area contributed by atoms with Gasteiger partial charge in [0.25, 0.3) is 0 Å². The Bertz CT molecular complexity index is 927. The van der Waals surface area contributed by atoms with Crippen molar-refractivity contribution < 1.29 is 0 Å². The standard InChI is InChI=1S/C16H10BrN3/c17-15-10-18-16-8-7-14(19-20(15)16)13-6-5-11-3-1-2-4-12(11)9-13/h1-10H. The Kier molecular flexibility index (Phi) is 2.57. The highest BCUT2D eigenvalue weighted by atomic mass is 79.9. The lowest BCUT2D eigenvalue weighted by atomic mass is 10.1. The van der Waals surface area contributed by atoms with Crippen molar-refractivity contribution in [3.05, 3.63) is 65.4 Å². The first-order chi connectivity index (χ1) is 9.81. The monoisotopic (exact) mass is 323 g/mol. The van der Waals surface area contributed by atoms with Crippen LogP contribution in [0.3, 0.4) is 0 Å². The van der Waals surface area contributed by atoms with Crippen LogP contribution in [0.2, 0.25) is 0 Å². The molecule has 2 heterocycles. The minimum absolute atomic E-state index is 0.835. The molecule has 0 amide bonds. The van der Waals surface area contributed by atoms with Crippen molar-refractivity contribution in [3.8, 4) is 11.3 Å². The van der Waals surface area contributed by atoms with Gasteiger partial charge in [0.15, 0.2) is 5.65 Å². The summed E-state index contributed by atoms with van der Waals surface area (Å²) in [5, 5.41) is 7.08. The van der Waals surface area contributed by atoms with Crippen LogP contribution in [0.4, 0.5) is 0 Å². The highest BCUT2D eigenvalue weighted by molar-refractivity contribution is 9.10. The lowest BCUT2D eigenvalue weighted by molar-refractivity contribution is 0.922. The van der Waals surface area contributed by atoms with Gasteiger partial charge in [0.2, 0.25) is 0 Å². The number of imidazole rings is 1. The summed E-state index contributed by atoms with van der Waals surface area (Å²) in [7, 11) is 0. The molecule has 0 atom stereocenters. The molecular formula is C16H10BrN3. The minimum atomic E-state index is 0.835. The van der Waals surface area contributed by atoms with E-state index in [-0.39, 0.29) is 0 Å². The third-order valence-electron chi connectivity index (χ3n) is 3.37. The van der Waals surface area contributed by atoms with E-state index in [2.05, 4.69) is 68.5 Å². The minimum Gasteiger partial charge on any atom is -0.234 e. The van der Waals surface area contributed by atoms with Crippen LogP contribution in [-0.2, 0) is 0 Å². The molecule has 0 aliphatic rings. The second-order valence-electron chi connectivity index (χ2n) is 4.63. The van der Waals surface area contributed by atoms with Crippen molar-refractivity contribution in [1.29, 1.82) is 0 Å². The molecule has 0 aliphatic heterocycles. The van der Waals surface area contributed by atoms with E-state index < -0.39 is 0 Å². The SMILES string of the molecule is Brc1cnc2ccc(-c3ccc4ccccc4c3)nn12. The fourth-order valence-corrected chi connectivity index (χ4v) is 2.71. The molecule has 0 saturated carbocycles. The molecule has 4 rings (SSSR count). The summed E-state index contributed by atoms with van der Waals surface area (Å²) in [5.41, 5.74) is 2.87. The van der Waals surface area contributed by atoms with Crippen molar-refractivity contribution in [2.45, 2.75) is 0 Å². The number of aromatic nitrogens is 3. The largest absolute Gasteiger partial charge is 0.234 e. The van der Waals surface area contributed by atoms with Crippen LogP contribution in [0.1, 0.15) is 0 Å². The number of benzene rings is 2. The Morgan fingerprint density at radius 1 is 0.900 bits per heavy atom. The first-order valence-corrected chi connectivity index (χ1v) is 7.10. The molecule has 0 fully saturated rings. The molecule has 0 N–H and O–H groups in total. The predicted molar refractivity (Wildman–Crippen MR) is 83.6 cm³/mol. The van der Waals surface area contributed by atoms with Gasteiger partial charge in [-0.05, 0) is 44.9 Å². The summed E-state index contributed by atoms with van der Waals surface area (Å²) in [6.07, 6.45) is 1.76. The van der Waals surface area contributed by atoms with Gasteiger partial charge in [0.1, 0.15) is 4.60 Å². The smallest absolute Gasteiger partial charge is 0.154 e. The molecular weight excluding hydrogens is 314 g/mol. The Morgan fingerprint density at radius 2 is 1.75 bits per heavy atom. The zero-order valence-electron chi connectivity index (χ0n) is 10.5. The number of rotatable bonds is 1. The Labute approximate surface area is 124 Å². The van der Waals surface area contributed by atoms with Crippen molar-refractivity contribution in [2.75, 3.05) is 0 Å². The number of fused-ring (bicyclic) bond motifs is 2. The lowest BCUT2D eigenvalue weighted by Crippen LogP contribution is -1.94. The van der Waals surface area contributed by atoms with E-state index in [0.29, 0.717) is 0 Å². The Morgan fingerprint density at radius 3 is 2.65 bits per heavy atom. The van der Waals surface area contributed by atoms with Crippen LogP contribution in [0, 0.1) is 0 Å². The average Bonchev–Trinajstić information content (AvgIpc) is 2.88. The van der Waals surface area contributed by atoms with E-state index in [1.165, 1.54) is 10.8 Å². The van der Waals surface area contributed by atoms with Gasteiger partial charge < -0.3 is 0 Å². The summed E-state index contributed by atoms with van der Waals surface area (Å²) in [6.45, 7) is 0. The fourth-order valence-electron chi connectivity index (χ4n) is 2.35. The van der Waals surface area contributed by atoms with E-state index in [0.717, 1.165) is 21.5 Å². The van der Waals surface area contributed by atoms with Gasteiger partial charge in [-0.2, -0.15) is 5.10 Å². The molecule has 96 valence electrons. The molecule has 0 aliphatic carbocycles. The van der Waals surface area contributed by atoms with Gasteiger partial charge in [0.05, 0.1) is 11.9 Å². The second kappa shape index (κ2) is 4.42. The molecule has 20 heavy (non-hydrogen) atoms. The highest BCUT2D eigenvalue weighted by Gasteiger charge is 2.05. The third-order valence-corrected chi connectivity index (χ3v) is 3.91. The van der Waals surface area contributed by atoms with Crippen LogP contribution in [0.15, 0.2) is 65.4 Å². The zero-order valence-corrected chi connectivity index (χ0v) is 12.1. The van der Waals surface area contributed by atoms with E-state index >= 15 is 0 Å². The number of hydrogen-bond donors (Lipinski definition) is 0. The van der Waals surface area contributed by atoms with Gasteiger partial charge >= 0.3 is 0 Å². The fraction of sp³-hybridized carbons (Fsp3) is 0. The number of nitrogens with zero attached hydrogens (tertiary/aromatic N) is 3. The van der Waals surface area contributed by atoms with Gasteiger partial charge in [0, 0.05) is 5.56 Å². The zero-order chi connectivity index (χ0) is 13.5. The van der Waals surface area contributed by atoms with Crippen LogP contribution < -0.4 is 0 Å². The predicted octanol–water partition coefficient (Wildman–Crippen LogP) is 4.31. The van der Waals surface area contributed by atoms with Gasteiger partial charge in [-0.1, -0.05) is 36.4 Å². The molecule has 0 radical (unpaired) electrons. The molecule has 0 saturated heterocycles. The van der Waals surface area contributed by atoms with Crippen LogP contribution in [0.25, 0.3) is 27.7 Å². The van der Waals surface area contributed by atoms with E-state index in [9.17, 15) is 0 Å². The molecule has 4 heteroatoms. The second-order valence-corrected chi connectivity index (χ2v) is 5.44. The van der Waals surface area contributed by atoms with Crippen molar-refractivity contribution in [1.82, 2.24) is 14.6 Å². The van der Waals surface area contributed by atoms with Crippen LogP contribution >= 0.6 is 15.9 Å². The lowest BCUT2D eigenvalue weighted by Gasteiger charge is -2.04. The van der Waals surface area contributed by atoms with Crippen molar-refractivity contribution in [3.63, 3.8) is 0 Å². The van der Waals surface area contributed by atoms with Gasteiger partial charge in [-0.15, -0.1) is 0 Å². The molecule has 0 unspecified atom stereocenters. The van der Waals surface area contributed by atoms with Gasteiger partial charge in [-0.3, -0.25) is 0 Å². The first kappa shape index (κ1) is 11.6. The molecule has 0 spiro atoms. The highest BCUT2D eigenvalue weighted by Crippen LogP contribution is 2.23. The summed E-state index contributed by atoms with van der Waals surface area (Å²) in [6, 6.07) is 18.7. The number of hydrogen-bond acceptors (Lipinski definition) is 2.